The minimum absolute atomic E-state index is 0.675. The SMILES string of the molecule is COc1cccc(-c2nc(CSc3nnc(-c4ccco4)n3-c3ccccc3)cs2)c1. The number of para-hydroxylation sites is 1. The molecule has 0 aliphatic heterocycles. The molecule has 2 aromatic carbocycles. The van der Waals surface area contributed by atoms with Crippen LogP contribution >= 0.6 is 23.1 Å². The Morgan fingerprint density at radius 3 is 2.74 bits per heavy atom. The van der Waals surface area contributed by atoms with Gasteiger partial charge in [0.05, 0.1) is 19.1 Å². The summed E-state index contributed by atoms with van der Waals surface area (Å²) in [7, 11) is 1.67. The van der Waals surface area contributed by atoms with Crippen molar-refractivity contribution < 1.29 is 9.15 Å². The van der Waals surface area contributed by atoms with Crippen LogP contribution in [0.25, 0.3) is 27.8 Å². The molecule has 8 heteroatoms. The van der Waals surface area contributed by atoms with E-state index in [0.29, 0.717) is 17.3 Å². The summed E-state index contributed by atoms with van der Waals surface area (Å²) in [4.78, 5) is 4.80. The molecule has 6 nitrogen and oxygen atoms in total. The summed E-state index contributed by atoms with van der Waals surface area (Å²) >= 11 is 3.22. The molecule has 0 atom stereocenters. The number of hydrogen-bond acceptors (Lipinski definition) is 7. The van der Waals surface area contributed by atoms with Gasteiger partial charge in [-0.15, -0.1) is 21.5 Å². The number of nitrogens with zero attached hydrogens (tertiary/aromatic N) is 4. The van der Waals surface area contributed by atoms with Crippen molar-refractivity contribution in [3.05, 3.63) is 84.1 Å². The lowest BCUT2D eigenvalue weighted by atomic mass is 10.2. The number of thioether (sulfide) groups is 1. The Morgan fingerprint density at radius 2 is 1.94 bits per heavy atom. The molecule has 3 aromatic heterocycles. The third-order valence-electron chi connectivity index (χ3n) is 4.61. The van der Waals surface area contributed by atoms with E-state index in [1.54, 1.807) is 36.5 Å². The second-order valence-corrected chi connectivity index (χ2v) is 8.42. The molecular weight excluding hydrogens is 428 g/mol. The highest BCUT2D eigenvalue weighted by atomic mass is 32.2. The number of rotatable bonds is 7. The fraction of sp³-hybridized carbons (Fsp3) is 0.0870. The van der Waals surface area contributed by atoms with Gasteiger partial charge in [0.1, 0.15) is 10.8 Å². The first kappa shape index (κ1) is 19.6. The lowest BCUT2D eigenvalue weighted by molar-refractivity contribution is 0.415. The molecule has 0 spiro atoms. The first-order valence-electron chi connectivity index (χ1n) is 9.58. The summed E-state index contributed by atoms with van der Waals surface area (Å²) in [6.07, 6.45) is 1.64. The number of aromatic nitrogens is 4. The van der Waals surface area contributed by atoms with Crippen molar-refractivity contribution >= 4 is 23.1 Å². The van der Waals surface area contributed by atoms with E-state index in [1.165, 1.54) is 0 Å². The number of ether oxygens (including phenoxy) is 1. The number of furan rings is 1. The molecule has 3 heterocycles. The van der Waals surface area contributed by atoms with Crippen LogP contribution in [0.4, 0.5) is 0 Å². The lowest BCUT2D eigenvalue weighted by Gasteiger charge is -2.08. The maximum Gasteiger partial charge on any atom is 0.205 e. The summed E-state index contributed by atoms with van der Waals surface area (Å²) < 4.78 is 12.9. The van der Waals surface area contributed by atoms with Gasteiger partial charge < -0.3 is 9.15 Å². The number of benzene rings is 2. The molecule has 154 valence electrons. The van der Waals surface area contributed by atoms with Gasteiger partial charge in [-0.25, -0.2) is 4.98 Å². The van der Waals surface area contributed by atoms with E-state index in [0.717, 1.165) is 32.9 Å². The standard InChI is InChI=1S/C23H18N4O2S2/c1-28-19-10-5-7-16(13-19)22-24-17(14-30-22)15-31-23-26-25-21(20-11-6-12-29-20)27(23)18-8-3-2-4-9-18/h2-14H,15H2,1H3. The molecule has 0 saturated heterocycles. The Bertz CT molecular complexity index is 1280. The summed E-state index contributed by atoms with van der Waals surface area (Å²) in [5.41, 5.74) is 3.03. The summed E-state index contributed by atoms with van der Waals surface area (Å²) in [5.74, 6) is 2.86. The van der Waals surface area contributed by atoms with E-state index in [9.17, 15) is 0 Å². The quantitative estimate of drug-likeness (QED) is 0.288. The molecule has 0 N–H and O–H groups in total. The van der Waals surface area contributed by atoms with Crippen LogP contribution in [0, 0.1) is 0 Å². The number of hydrogen-bond donors (Lipinski definition) is 0. The van der Waals surface area contributed by atoms with Gasteiger partial charge in [0, 0.05) is 22.4 Å². The highest BCUT2D eigenvalue weighted by Gasteiger charge is 2.18. The molecule has 0 radical (unpaired) electrons. The van der Waals surface area contributed by atoms with Crippen molar-refractivity contribution in [2.45, 2.75) is 10.9 Å². The maximum absolute atomic E-state index is 5.58. The van der Waals surface area contributed by atoms with Crippen LogP contribution in [0.3, 0.4) is 0 Å². The second-order valence-electron chi connectivity index (χ2n) is 6.62. The summed E-state index contributed by atoms with van der Waals surface area (Å²) in [6, 6.07) is 21.7. The third kappa shape index (κ3) is 4.12. The van der Waals surface area contributed by atoms with E-state index in [4.69, 9.17) is 14.1 Å². The van der Waals surface area contributed by atoms with E-state index >= 15 is 0 Å². The summed E-state index contributed by atoms with van der Waals surface area (Å²) in [6.45, 7) is 0. The second kappa shape index (κ2) is 8.79. The van der Waals surface area contributed by atoms with Crippen molar-refractivity contribution in [1.29, 1.82) is 0 Å². The minimum Gasteiger partial charge on any atom is -0.497 e. The zero-order valence-electron chi connectivity index (χ0n) is 16.6. The largest absolute Gasteiger partial charge is 0.497 e. The Labute approximate surface area is 187 Å². The number of thiazole rings is 1. The average Bonchev–Trinajstić information content (AvgIpc) is 3.59. The van der Waals surface area contributed by atoms with Crippen LogP contribution in [-0.2, 0) is 5.75 Å². The molecule has 0 fully saturated rings. The molecule has 31 heavy (non-hydrogen) atoms. The first-order chi connectivity index (χ1) is 15.3. The zero-order chi connectivity index (χ0) is 21.0. The molecular formula is C23H18N4O2S2. The average molecular weight is 447 g/mol. The van der Waals surface area contributed by atoms with E-state index in [2.05, 4.69) is 15.6 Å². The molecule has 0 amide bonds. The Hall–Kier alpha value is -3.36. The van der Waals surface area contributed by atoms with Gasteiger partial charge in [-0.05, 0) is 36.4 Å². The van der Waals surface area contributed by atoms with Crippen LogP contribution in [-0.4, -0.2) is 26.9 Å². The zero-order valence-corrected chi connectivity index (χ0v) is 18.3. The molecule has 0 bridgehead atoms. The molecule has 0 unspecified atom stereocenters. The van der Waals surface area contributed by atoms with Crippen molar-refractivity contribution in [3.63, 3.8) is 0 Å². The van der Waals surface area contributed by atoms with Gasteiger partial charge in [0.15, 0.2) is 10.9 Å². The minimum atomic E-state index is 0.675. The van der Waals surface area contributed by atoms with E-state index in [1.807, 2.05) is 71.3 Å². The van der Waals surface area contributed by atoms with Gasteiger partial charge >= 0.3 is 0 Å². The van der Waals surface area contributed by atoms with Gasteiger partial charge in [0.25, 0.3) is 0 Å². The normalized spacial score (nSPS) is 11.0. The van der Waals surface area contributed by atoms with Gasteiger partial charge in [-0.2, -0.15) is 0 Å². The lowest BCUT2D eigenvalue weighted by Crippen LogP contribution is -1.99. The monoisotopic (exact) mass is 446 g/mol. The predicted molar refractivity (Wildman–Crippen MR) is 123 cm³/mol. The smallest absolute Gasteiger partial charge is 0.205 e. The fourth-order valence-electron chi connectivity index (χ4n) is 3.14. The summed E-state index contributed by atoms with van der Waals surface area (Å²) in [5, 5.41) is 12.6. The van der Waals surface area contributed by atoms with Gasteiger partial charge in [0.2, 0.25) is 5.82 Å². The highest BCUT2D eigenvalue weighted by Crippen LogP contribution is 2.32. The van der Waals surface area contributed by atoms with Crippen molar-refractivity contribution in [2.75, 3.05) is 7.11 Å². The van der Waals surface area contributed by atoms with Crippen molar-refractivity contribution in [1.82, 2.24) is 19.7 Å². The first-order valence-corrected chi connectivity index (χ1v) is 11.4. The van der Waals surface area contributed by atoms with E-state index in [-0.39, 0.29) is 0 Å². The van der Waals surface area contributed by atoms with Crippen LogP contribution in [0.5, 0.6) is 5.75 Å². The molecule has 5 rings (SSSR count). The Morgan fingerprint density at radius 1 is 1.03 bits per heavy atom. The van der Waals surface area contributed by atoms with Crippen LogP contribution < -0.4 is 4.74 Å². The molecule has 0 aliphatic carbocycles. The van der Waals surface area contributed by atoms with Crippen LogP contribution in [0.1, 0.15) is 5.69 Å². The topological polar surface area (TPSA) is 66.0 Å². The fourth-order valence-corrected chi connectivity index (χ4v) is 4.91. The molecule has 0 saturated carbocycles. The van der Waals surface area contributed by atoms with Crippen LogP contribution in [0.15, 0.2) is 87.9 Å². The molecule has 5 aromatic rings. The Balaban J connectivity index is 1.41. The Kier molecular flexibility index (Phi) is 5.56. The highest BCUT2D eigenvalue weighted by molar-refractivity contribution is 7.98. The predicted octanol–water partition coefficient (Wildman–Crippen LogP) is 5.95. The van der Waals surface area contributed by atoms with E-state index < -0.39 is 0 Å². The van der Waals surface area contributed by atoms with Gasteiger partial charge in [-0.3, -0.25) is 4.57 Å². The third-order valence-corrected chi connectivity index (χ3v) is 6.51. The van der Waals surface area contributed by atoms with Crippen molar-refractivity contribution in [3.8, 4) is 33.6 Å². The number of methoxy groups -OCH3 is 1. The maximum atomic E-state index is 5.58. The van der Waals surface area contributed by atoms with Crippen molar-refractivity contribution in [2.24, 2.45) is 0 Å². The van der Waals surface area contributed by atoms with Crippen LogP contribution in [0.2, 0.25) is 0 Å². The molecule has 0 aliphatic rings. The van der Waals surface area contributed by atoms with Gasteiger partial charge in [-0.1, -0.05) is 42.1 Å².